The van der Waals surface area contributed by atoms with Crippen LogP contribution in [0.4, 0.5) is 5.69 Å². The fourth-order valence-corrected chi connectivity index (χ4v) is 4.20. The predicted octanol–water partition coefficient (Wildman–Crippen LogP) is 5.93. The van der Waals surface area contributed by atoms with Gasteiger partial charge in [-0.25, -0.2) is 4.98 Å². The third-order valence-corrected chi connectivity index (χ3v) is 5.61. The zero-order valence-corrected chi connectivity index (χ0v) is 18.4. The van der Waals surface area contributed by atoms with Crippen molar-refractivity contribution >= 4 is 63.5 Å². The number of carbonyl (C=O) groups is 1. The van der Waals surface area contributed by atoms with Gasteiger partial charge >= 0.3 is 5.97 Å². The number of halogens is 2. The highest BCUT2D eigenvalue weighted by atomic mass is 35.5. The molecule has 9 heteroatoms. The minimum Gasteiger partial charge on any atom is -0.481 e. The standard InChI is InChI=1S/C20H17Cl2N3O2S2/c1-11-23-18(10-29-11)12-3-2-4-14(7-12)24-20(28)25-17(9-19(26)27)15-6-5-13(21)8-16(15)22/h2-8,10,17H,9H2,1H3,(H,26,27)(H2,24,25,28)/t17-/m0/s1. The molecule has 29 heavy (non-hydrogen) atoms. The average Bonchev–Trinajstić information content (AvgIpc) is 3.07. The number of carboxylic acid groups (broad SMARTS) is 1. The lowest BCUT2D eigenvalue weighted by atomic mass is 10.0. The predicted molar refractivity (Wildman–Crippen MR) is 123 cm³/mol. The summed E-state index contributed by atoms with van der Waals surface area (Å²) in [4.78, 5) is 15.8. The number of rotatable bonds is 6. The van der Waals surface area contributed by atoms with Gasteiger partial charge in [0.2, 0.25) is 0 Å². The van der Waals surface area contributed by atoms with Crippen LogP contribution in [-0.4, -0.2) is 21.2 Å². The molecule has 0 saturated heterocycles. The molecule has 0 aliphatic heterocycles. The average molecular weight is 466 g/mol. The summed E-state index contributed by atoms with van der Waals surface area (Å²) in [6.45, 7) is 1.96. The molecule has 3 N–H and O–H groups in total. The maximum absolute atomic E-state index is 11.3. The third-order valence-electron chi connectivity index (χ3n) is 4.06. The molecule has 0 spiro atoms. The summed E-state index contributed by atoms with van der Waals surface area (Å²) in [6.07, 6.45) is -0.193. The van der Waals surface area contributed by atoms with Crippen LogP contribution in [0.2, 0.25) is 10.0 Å². The van der Waals surface area contributed by atoms with Gasteiger partial charge in [-0.2, -0.15) is 0 Å². The number of carboxylic acids is 1. The first-order valence-corrected chi connectivity index (χ1v) is 10.6. The Morgan fingerprint density at radius 2 is 2.07 bits per heavy atom. The Hall–Kier alpha value is -2.19. The van der Waals surface area contributed by atoms with Crippen molar-refractivity contribution < 1.29 is 9.90 Å². The van der Waals surface area contributed by atoms with E-state index in [1.165, 1.54) is 0 Å². The SMILES string of the molecule is Cc1nc(-c2cccc(NC(=S)N[C@@H](CC(=O)O)c3ccc(Cl)cc3Cl)c2)cs1. The smallest absolute Gasteiger partial charge is 0.305 e. The number of aromatic nitrogens is 1. The molecule has 1 heterocycles. The van der Waals surface area contributed by atoms with Crippen LogP contribution in [0.5, 0.6) is 0 Å². The lowest BCUT2D eigenvalue weighted by Crippen LogP contribution is -2.33. The highest BCUT2D eigenvalue weighted by Gasteiger charge is 2.19. The molecule has 1 aromatic heterocycles. The van der Waals surface area contributed by atoms with Crippen molar-refractivity contribution in [2.45, 2.75) is 19.4 Å². The van der Waals surface area contributed by atoms with Crippen LogP contribution in [0.3, 0.4) is 0 Å². The van der Waals surface area contributed by atoms with E-state index < -0.39 is 12.0 Å². The quantitative estimate of drug-likeness (QED) is 0.391. The van der Waals surface area contributed by atoms with Crippen LogP contribution in [0, 0.1) is 6.92 Å². The summed E-state index contributed by atoms with van der Waals surface area (Å²) in [6, 6.07) is 12.0. The van der Waals surface area contributed by atoms with E-state index in [-0.39, 0.29) is 11.5 Å². The largest absolute Gasteiger partial charge is 0.481 e. The lowest BCUT2D eigenvalue weighted by Gasteiger charge is -2.21. The molecule has 0 unspecified atom stereocenters. The number of nitrogens with one attached hydrogen (secondary N) is 2. The van der Waals surface area contributed by atoms with E-state index in [4.69, 9.17) is 35.4 Å². The fraction of sp³-hybridized carbons (Fsp3) is 0.150. The van der Waals surface area contributed by atoms with E-state index >= 15 is 0 Å². The second-order valence-electron chi connectivity index (χ2n) is 6.25. The van der Waals surface area contributed by atoms with Crippen LogP contribution in [-0.2, 0) is 4.79 Å². The second kappa shape index (κ2) is 9.54. The van der Waals surface area contributed by atoms with Crippen LogP contribution in [0.15, 0.2) is 47.8 Å². The van der Waals surface area contributed by atoms with E-state index in [2.05, 4.69) is 15.6 Å². The van der Waals surface area contributed by atoms with Gasteiger partial charge in [-0.05, 0) is 49.0 Å². The molecule has 150 valence electrons. The Morgan fingerprint density at radius 1 is 1.28 bits per heavy atom. The molecule has 3 rings (SSSR count). The van der Waals surface area contributed by atoms with E-state index in [9.17, 15) is 9.90 Å². The molecule has 0 saturated carbocycles. The number of hydrogen-bond acceptors (Lipinski definition) is 4. The Labute approximate surface area is 187 Å². The van der Waals surface area contributed by atoms with Crippen LogP contribution in [0.25, 0.3) is 11.3 Å². The number of thiocarbonyl (C=S) groups is 1. The zero-order chi connectivity index (χ0) is 21.0. The molecule has 2 aromatic carbocycles. The highest BCUT2D eigenvalue weighted by molar-refractivity contribution is 7.80. The van der Waals surface area contributed by atoms with Crippen LogP contribution < -0.4 is 10.6 Å². The monoisotopic (exact) mass is 465 g/mol. The van der Waals surface area contributed by atoms with Gasteiger partial charge in [-0.1, -0.05) is 41.4 Å². The molecule has 0 aliphatic rings. The van der Waals surface area contributed by atoms with Crippen molar-refractivity contribution in [1.29, 1.82) is 0 Å². The van der Waals surface area contributed by atoms with Crippen LogP contribution >= 0.6 is 46.8 Å². The molecule has 0 bridgehead atoms. The fourth-order valence-electron chi connectivity index (χ4n) is 2.78. The van der Waals surface area contributed by atoms with Gasteiger partial charge in [0.15, 0.2) is 5.11 Å². The first-order chi connectivity index (χ1) is 13.8. The molecule has 1 atom stereocenters. The summed E-state index contributed by atoms with van der Waals surface area (Å²) < 4.78 is 0. The number of aliphatic carboxylic acids is 1. The minimum absolute atomic E-state index is 0.193. The number of thiazole rings is 1. The number of hydrogen-bond donors (Lipinski definition) is 3. The Morgan fingerprint density at radius 3 is 2.72 bits per heavy atom. The number of nitrogens with zero attached hydrogens (tertiary/aromatic N) is 1. The van der Waals surface area contributed by atoms with Gasteiger partial charge in [0, 0.05) is 26.7 Å². The Kier molecular flexibility index (Phi) is 7.08. The zero-order valence-electron chi connectivity index (χ0n) is 15.3. The second-order valence-corrected chi connectivity index (χ2v) is 8.56. The van der Waals surface area contributed by atoms with Gasteiger partial charge in [0.05, 0.1) is 23.2 Å². The van der Waals surface area contributed by atoms with Gasteiger partial charge in [0.25, 0.3) is 0 Å². The first-order valence-electron chi connectivity index (χ1n) is 8.58. The van der Waals surface area contributed by atoms with Crippen molar-refractivity contribution in [3.63, 3.8) is 0 Å². The summed E-state index contributed by atoms with van der Waals surface area (Å²) >= 11 is 19.2. The summed E-state index contributed by atoms with van der Waals surface area (Å²) in [7, 11) is 0. The maximum atomic E-state index is 11.3. The van der Waals surface area contributed by atoms with Crippen molar-refractivity contribution in [3.05, 3.63) is 68.5 Å². The maximum Gasteiger partial charge on any atom is 0.305 e. The van der Waals surface area contributed by atoms with Crippen LogP contribution in [0.1, 0.15) is 23.0 Å². The molecule has 5 nitrogen and oxygen atoms in total. The Balaban J connectivity index is 1.76. The summed E-state index contributed by atoms with van der Waals surface area (Å²) in [5.41, 5.74) is 3.23. The summed E-state index contributed by atoms with van der Waals surface area (Å²) in [5.74, 6) is -0.975. The van der Waals surface area contributed by atoms with E-state index in [1.54, 1.807) is 29.5 Å². The van der Waals surface area contributed by atoms with Crippen molar-refractivity contribution in [3.8, 4) is 11.3 Å². The van der Waals surface area contributed by atoms with Gasteiger partial charge < -0.3 is 15.7 Å². The Bertz CT molecular complexity index is 1060. The molecule has 0 fully saturated rings. The molecule has 3 aromatic rings. The van der Waals surface area contributed by atoms with Crippen molar-refractivity contribution in [2.24, 2.45) is 0 Å². The van der Waals surface area contributed by atoms with E-state index in [1.807, 2.05) is 36.6 Å². The van der Waals surface area contributed by atoms with E-state index in [0.717, 1.165) is 22.0 Å². The molecule has 0 aliphatic carbocycles. The van der Waals surface area contributed by atoms with Crippen molar-refractivity contribution in [1.82, 2.24) is 10.3 Å². The normalized spacial score (nSPS) is 11.7. The topological polar surface area (TPSA) is 74.2 Å². The highest BCUT2D eigenvalue weighted by Crippen LogP contribution is 2.29. The van der Waals surface area contributed by atoms with Gasteiger partial charge in [-0.15, -0.1) is 11.3 Å². The van der Waals surface area contributed by atoms with Gasteiger partial charge in [0.1, 0.15) is 0 Å². The van der Waals surface area contributed by atoms with Gasteiger partial charge in [-0.3, -0.25) is 4.79 Å². The minimum atomic E-state index is -0.975. The van der Waals surface area contributed by atoms with E-state index in [0.29, 0.717) is 15.6 Å². The van der Waals surface area contributed by atoms with Crippen molar-refractivity contribution in [2.75, 3.05) is 5.32 Å². The third kappa shape index (κ3) is 5.90. The summed E-state index contributed by atoms with van der Waals surface area (Å²) in [5, 5.41) is 19.5. The number of aryl methyl sites for hydroxylation is 1. The lowest BCUT2D eigenvalue weighted by molar-refractivity contribution is -0.137. The molecular weight excluding hydrogens is 449 g/mol. The molecule has 0 radical (unpaired) electrons. The molecular formula is C20H17Cl2N3O2S2. The molecule has 0 amide bonds. The first kappa shape index (κ1) is 21.5. The number of anilines is 1. The number of benzene rings is 2.